The van der Waals surface area contributed by atoms with Crippen LogP contribution in [-0.4, -0.2) is 47.4 Å². The van der Waals surface area contributed by atoms with Crippen molar-refractivity contribution in [3.8, 4) is 5.75 Å². The lowest BCUT2D eigenvalue weighted by Crippen LogP contribution is -2.40. The third-order valence-corrected chi connectivity index (χ3v) is 4.58. The molecule has 1 aliphatic heterocycles. The van der Waals surface area contributed by atoms with Gasteiger partial charge < -0.3 is 15.0 Å². The van der Waals surface area contributed by atoms with Crippen LogP contribution in [0.1, 0.15) is 30.4 Å². The van der Waals surface area contributed by atoms with Crippen LogP contribution in [-0.2, 0) is 13.6 Å². The highest BCUT2D eigenvalue weighted by atomic mass is 127. The zero-order chi connectivity index (χ0) is 17.6. The fraction of sp³-hybridized carbons (Fsp3) is 0.474. The van der Waals surface area contributed by atoms with Gasteiger partial charge >= 0.3 is 0 Å². The van der Waals surface area contributed by atoms with Crippen LogP contribution >= 0.6 is 24.0 Å². The second kappa shape index (κ2) is 9.80. The van der Waals surface area contributed by atoms with E-state index in [1.807, 2.05) is 36.3 Å². The van der Waals surface area contributed by atoms with Crippen molar-refractivity contribution in [2.75, 3.05) is 26.7 Å². The number of rotatable bonds is 5. The Morgan fingerprint density at radius 1 is 1.35 bits per heavy atom. The molecule has 0 amide bonds. The number of nitrogens with one attached hydrogen (secondary N) is 1. The highest BCUT2D eigenvalue weighted by Gasteiger charge is 2.26. The number of ether oxygens (including phenoxy) is 1. The molecule has 0 bridgehead atoms. The fourth-order valence-corrected chi connectivity index (χ4v) is 3.25. The van der Waals surface area contributed by atoms with E-state index in [-0.39, 0.29) is 24.0 Å². The number of aliphatic imine (C=N–C) groups is 1. The number of methoxy groups -OCH3 is 1. The lowest BCUT2D eigenvalue weighted by Gasteiger charge is -2.21. The molecule has 1 aliphatic rings. The van der Waals surface area contributed by atoms with E-state index in [9.17, 15) is 0 Å². The van der Waals surface area contributed by atoms with Gasteiger partial charge in [0.1, 0.15) is 5.75 Å². The Morgan fingerprint density at radius 2 is 2.12 bits per heavy atom. The van der Waals surface area contributed by atoms with Gasteiger partial charge in [0.15, 0.2) is 5.96 Å². The second-order valence-electron chi connectivity index (χ2n) is 6.40. The quantitative estimate of drug-likeness (QED) is 0.416. The summed E-state index contributed by atoms with van der Waals surface area (Å²) in [5, 5.41) is 7.63. The number of guanidine groups is 1. The Hall–Kier alpha value is -1.77. The van der Waals surface area contributed by atoms with Crippen LogP contribution in [0, 0.1) is 0 Å². The Bertz CT molecular complexity index is 713. The summed E-state index contributed by atoms with van der Waals surface area (Å²) in [6, 6.07) is 8.43. The van der Waals surface area contributed by atoms with Crippen molar-refractivity contribution in [2.45, 2.75) is 25.8 Å². The van der Waals surface area contributed by atoms with Gasteiger partial charge in [0.2, 0.25) is 0 Å². The number of nitrogens with zero attached hydrogens (tertiary/aromatic N) is 4. The number of halogens is 1. The summed E-state index contributed by atoms with van der Waals surface area (Å²) in [6.07, 6.45) is 5.03. The van der Waals surface area contributed by atoms with Crippen LogP contribution in [0.5, 0.6) is 5.75 Å². The molecular formula is C19H28IN5O. The van der Waals surface area contributed by atoms with Crippen molar-refractivity contribution >= 4 is 29.9 Å². The van der Waals surface area contributed by atoms with Gasteiger partial charge in [0.05, 0.1) is 19.9 Å². The first-order valence-corrected chi connectivity index (χ1v) is 8.84. The van der Waals surface area contributed by atoms with E-state index in [0.29, 0.717) is 12.5 Å². The van der Waals surface area contributed by atoms with E-state index in [1.54, 1.807) is 7.11 Å². The van der Waals surface area contributed by atoms with Crippen molar-refractivity contribution in [3.05, 3.63) is 47.8 Å². The minimum atomic E-state index is 0. The van der Waals surface area contributed by atoms with Crippen LogP contribution < -0.4 is 10.1 Å². The van der Waals surface area contributed by atoms with E-state index in [1.165, 1.54) is 5.56 Å². The van der Waals surface area contributed by atoms with E-state index in [2.05, 4.69) is 34.4 Å². The Labute approximate surface area is 172 Å². The molecule has 26 heavy (non-hydrogen) atoms. The van der Waals surface area contributed by atoms with Crippen LogP contribution in [0.2, 0.25) is 0 Å². The van der Waals surface area contributed by atoms with E-state index in [4.69, 9.17) is 9.73 Å². The minimum absolute atomic E-state index is 0. The first-order valence-electron chi connectivity index (χ1n) is 8.84. The topological polar surface area (TPSA) is 54.7 Å². The van der Waals surface area contributed by atoms with Gasteiger partial charge in [-0.15, -0.1) is 24.0 Å². The summed E-state index contributed by atoms with van der Waals surface area (Å²) >= 11 is 0. The molecule has 1 aromatic carbocycles. The molecule has 7 heteroatoms. The van der Waals surface area contributed by atoms with Crippen LogP contribution in [0.25, 0.3) is 0 Å². The molecule has 1 atom stereocenters. The van der Waals surface area contributed by atoms with Gasteiger partial charge in [-0.3, -0.25) is 4.68 Å². The molecule has 1 N–H and O–H groups in total. The highest BCUT2D eigenvalue weighted by molar-refractivity contribution is 14.0. The third-order valence-electron chi connectivity index (χ3n) is 4.58. The van der Waals surface area contributed by atoms with Crippen LogP contribution in [0.15, 0.2) is 41.7 Å². The lowest BCUT2D eigenvalue weighted by molar-refractivity contribution is 0.414. The van der Waals surface area contributed by atoms with Gasteiger partial charge in [-0.25, -0.2) is 4.99 Å². The largest absolute Gasteiger partial charge is 0.497 e. The SMILES string of the molecule is CCNC(=NCc1cnn(C)c1)N1CCC(c2ccc(OC)cc2)C1.I. The second-order valence-corrected chi connectivity index (χ2v) is 6.40. The molecule has 0 radical (unpaired) electrons. The maximum atomic E-state index is 5.25. The van der Waals surface area contributed by atoms with Crippen molar-refractivity contribution in [1.29, 1.82) is 0 Å². The number of benzene rings is 1. The number of hydrogen-bond donors (Lipinski definition) is 1. The zero-order valence-corrected chi connectivity index (χ0v) is 18.0. The predicted molar refractivity (Wildman–Crippen MR) is 115 cm³/mol. The third kappa shape index (κ3) is 5.12. The summed E-state index contributed by atoms with van der Waals surface area (Å²) in [6.45, 7) is 5.65. The number of likely N-dealkylation sites (tertiary alicyclic amines) is 1. The minimum Gasteiger partial charge on any atom is -0.497 e. The molecule has 142 valence electrons. The summed E-state index contributed by atoms with van der Waals surface area (Å²) in [7, 11) is 3.63. The summed E-state index contributed by atoms with van der Waals surface area (Å²) in [5.41, 5.74) is 2.50. The summed E-state index contributed by atoms with van der Waals surface area (Å²) in [5.74, 6) is 2.43. The van der Waals surface area contributed by atoms with E-state index in [0.717, 1.165) is 43.3 Å². The first kappa shape index (κ1) is 20.5. The van der Waals surface area contributed by atoms with Crippen molar-refractivity contribution in [2.24, 2.45) is 12.0 Å². The highest BCUT2D eigenvalue weighted by Crippen LogP contribution is 2.28. The molecule has 2 aromatic rings. The Morgan fingerprint density at radius 3 is 2.73 bits per heavy atom. The number of hydrogen-bond acceptors (Lipinski definition) is 3. The average molecular weight is 469 g/mol. The summed E-state index contributed by atoms with van der Waals surface area (Å²) < 4.78 is 7.07. The maximum absolute atomic E-state index is 5.25. The molecule has 1 unspecified atom stereocenters. The molecule has 0 aliphatic carbocycles. The molecule has 0 saturated carbocycles. The van der Waals surface area contributed by atoms with Crippen LogP contribution in [0.3, 0.4) is 0 Å². The van der Waals surface area contributed by atoms with Gasteiger partial charge in [-0.1, -0.05) is 12.1 Å². The molecule has 1 aromatic heterocycles. The first-order chi connectivity index (χ1) is 12.2. The molecule has 3 rings (SSSR count). The normalized spacial score (nSPS) is 17.1. The molecule has 2 heterocycles. The predicted octanol–water partition coefficient (Wildman–Crippen LogP) is 3.00. The molecule has 1 fully saturated rings. The molecule has 6 nitrogen and oxygen atoms in total. The Balaban J connectivity index is 0.00000243. The average Bonchev–Trinajstić information content (AvgIpc) is 3.28. The number of aromatic nitrogens is 2. The smallest absolute Gasteiger partial charge is 0.194 e. The van der Waals surface area contributed by atoms with E-state index >= 15 is 0 Å². The van der Waals surface area contributed by atoms with E-state index < -0.39 is 0 Å². The van der Waals surface area contributed by atoms with Gasteiger partial charge in [-0.05, 0) is 31.0 Å². The standard InChI is InChI=1S/C19H27N5O.HI/c1-4-20-19(21-11-15-12-22-23(2)13-15)24-10-9-17(14-24)16-5-7-18(25-3)8-6-16;/h5-8,12-13,17H,4,9-11,14H2,1-3H3,(H,20,21);1H. The molecular weight excluding hydrogens is 441 g/mol. The van der Waals surface area contributed by atoms with Gasteiger partial charge in [-0.2, -0.15) is 5.10 Å². The fourth-order valence-electron chi connectivity index (χ4n) is 3.25. The monoisotopic (exact) mass is 469 g/mol. The summed E-state index contributed by atoms with van der Waals surface area (Å²) in [4.78, 5) is 7.15. The molecule has 0 spiro atoms. The van der Waals surface area contributed by atoms with Crippen molar-refractivity contribution in [3.63, 3.8) is 0 Å². The van der Waals surface area contributed by atoms with Crippen molar-refractivity contribution in [1.82, 2.24) is 20.0 Å². The number of aryl methyl sites for hydroxylation is 1. The maximum Gasteiger partial charge on any atom is 0.194 e. The molecule has 1 saturated heterocycles. The van der Waals surface area contributed by atoms with Crippen molar-refractivity contribution < 1.29 is 4.74 Å². The van der Waals surface area contributed by atoms with Crippen LogP contribution in [0.4, 0.5) is 0 Å². The lowest BCUT2D eigenvalue weighted by atomic mass is 9.98. The zero-order valence-electron chi connectivity index (χ0n) is 15.7. The Kier molecular flexibility index (Phi) is 7.74. The van der Waals surface area contributed by atoms with Gasteiger partial charge in [0.25, 0.3) is 0 Å². The van der Waals surface area contributed by atoms with Gasteiger partial charge in [0, 0.05) is 44.4 Å².